The van der Waals surface area contributed by atoms with Gasteiger partial charge in [-0.2, -0.15) is 0 Å². The molecule has 1 fully saturated rings. The molecule has 0 spiro atoms. The zero-order valence-corrected chi connectivity index (χ0v) is 17.9. The molecule has 26 heavy (non-hydrogen) atoms. The minimum atomic E-state index is 0. The van der Waals surface area contributed by atoms with E-state index >= 15 is 0 Å². The molecule has 1 heterocycles. The van der Waals surface area contributed by atoms with Gasteiger partial charge in [-0.1, -0.05) is 12.1 Å². The molecule has 1 aliphatic rings. The molecule has 0 radical (unpaired) electrons. The number of aliphatic imine (C=N–C) groups is 1. The van der Waals surface area contributed by atoms with E-state index in [4.69, 9.17) is 9.47 Å². The zero-order chi connectivity index (χ0) is 17.7. The van der Waals surface area contributed by atoms with Crippen LogP contribution in [0.5, 0.6) is 5.75 Å². The molecule has 0 saturated carbocycles. The Labute approximate surface area is 173 Å². The van der Waals surface area contributed by atoms with Gasteiger partial charge < -0.3 is 25.2 Å². The Morgan fingerprint density at radius 3 is 2.65 bits per heavy atom. The van der Waals surface area contributed by atoms with Gasteiger partial charge in [0.05, 0.1) is 6.54 Å². The maximum Gasteiger partial charge on any atom is 0.191 e. The number of phenols is 1. The molecule has 1 aromatic rings. The van der Waals surface area contributed by atoms with E-state index in [0.29, 0.717) is 12.5 Å². The van der Waals surface area contributed by atoms with Gasteiger partial charge in [0.2, 0.25) is 0 Å². The topological polar surface area (TPSA) is 75.1 Å². The molecule has 0 aliphatic carbocycles. The average molecular weight is 477 g/mol. The molecule has 1 aliphatic heterocycles. The van der Waals surface area contributed by atoms with Crippen LogP contribution in [-0.4, -0.2) is 50.6 Å². The number of phenolic OH excluding ortho intramolecular Hbond substituents is 1. The molecule has 7 heteroatoms. The number of aromatic hydroxyl groups is 1. The molecular formula is C19H32IN3O3. The van der Waals surface area contributed by atoms with Gasteiger partial charge in [-0.15, -0.1) is 24.0 Å². The normalized spacial score (nSPS) is 15.3. The highest BCUT2D eigenvalue weighted by atomic mass is 127. The zero-order valence-electron chi connectivity index (χ0n) is 15.6. The first kappa shape index (κ1) is 23.0. The van der Waals surface area contributed by atoms with Crippen molar-refractivity contribution in [1.29, 1.82) is 0 Å². The SMILES string of the molecule is CCNC(=NCc1ccc(O)cc1)NCCCOCC1CCOCC1.I. The van der Waals surface area contributed by atoms with Gasteiger partial charge in [-0.25, -0.2) is 4.99 Å². The number of guanidine groups is 1. The molecule has 3 N–H and O–H groups in total. The highest BCUT2D eigenvalue weighted by Gasteiger charge is 2.13. The average Bonchev–Trinajstić information content (AvgIpc) is 2.64. The van der Waals surface area contributed by atoms with Crippen molar-refractivity contribution in [3.8, 4) is 5.75 Å². The van der Waals surface area contributed by atoms with Gasteiger partial charge in [0, 0.05) is 39.5 Å². The fourth-order valence-corrected chi connectivity index (χ4v) is 2.66. The lowest BCUT2D eigenvalue weighted by atomic mass is 10.0. The summed E-state index contributed by atoms with van der Waals surface area (Å²) in [7, 11) is 0. The lowest BCUT2D eigenvalue weighted by Gasteiger charge is -2.21. The summed E-state index contributed by atoms with van der Waals surface area (Å²) >= 11 is 0. The number of ether oxygens (including phenoxy) is 2. The number of hydrogen-bond donors (Lipinski definition) is 3. The van der Waals surface area contributed by atoms with Crippen LogP contribution < -0.4 is 10.6 Å². The van der Waals surface area contributed by atoms with Crippen LogP contribution in [0.15, 0.2) is 29.3 Å². The van der Waals surface area contributed by atoms with Crippen LogP contribution in [0, 0.1) is 5.92 Å². The lowest BCUT2D eigenvalue weighted by Crippen LogP contribution is -2.38. The molecule has 148 valence electrons. The molecule has 0 atom stereocenters. The van der Waals surface area contributed by atoms with Gasteiger partial charge >= 0.3 is 0 Å². The third kappa shape index (κ3) is 9.59. The summed E-state index contributed by atoms with van der Waals surface area (Å²) in [6, 6.07) is 7.13. The minimum absolute atomic E-state index is 0. The number of rotatable bonds is 9. The van der Waals surface area contributed by atoms with Crippen molar-refractivity contribution in [1.82, 2.24) is 10.6 Å². The summed E-state index contributed by atoms with van der Waals surface area (Å²) in [4.78, 5) is 4.56. The van der Waals surface area contributed by atoms with Crippen molar-refractivity contribution in [3.63, 3.8) is 0 Å². The summed E-state index contributed by atoms with van der Waals surface area (Å²) in [5, 5.41) is 15.9. The van der Waals surface area contributed by atoms with E-state index in [9.17, 15) is 5.11 Å². The molecule has 1 saturated heterocycles. The molecule has 2 rings (SSSR count). The first-order valence-corrected chi connectivity index (χ1v) is 9.23. The number of nitrogens with one attached hydrogen (secondary N) is 2. The third-order valence-corrected chi connectivity index (χ3v) is 4.15. The van der Waals surface area contributed by atoms with Crippen LogP contribution in [0.25, 0.3) is 0 Å². The molecule has 0 bridgehead atoms. The van der Waals surface area contributed by atoms with Crippen LogP contribution in [0.2, 0.25) is 0 Å². The second-order valence-corrected chi connectivity index (χ2v) is 6.27. The Morgan fingerprint density at radius 2 is 1.96 bits per heavy atom. The molecular weight excluding hydrogens is 445 g/mol. The summed E-state index contributed by atoms with van der Waals surface area (Å²) < 4.78 is 11.1. The Balaban J connectivity index is 0.00000338. The van der Waals surface area contributed by atoms with E-state index in [2.05, 4.69) is 22.5 Å². The Bertz CT molecular complexity index is 505. The first-order chi connectivity index (χ1) is 12.3. The summed E-state index contributed by atoms with van der Waals surface area (Å²) in [5.41, 5.74) is 1.06. The van der Waals surface area contributed by atoms with Crippen molar-refractivity contribution in [3.05, 3.63) is 29.8 Å². The van der Waals surface area contributed by atoms with Gasteiger partial charge in [0.1, 0.15) is 5.75 Å². The first-order valence-electron chi connectivity index (χ1n) is 9.23. The second-order valence-electron chi connectivity index (χ2n) is 6.27. The molecule has 0 aromatic heterocycles. The molecule has 0 unspecified atom stereocenters. The Morgan fingerprint density at radius 1 is 1.23 bits per heavy atom. The van der Waals surface area contributed by atoms with Crippen molar-refractivity contribution in [2.75, 3.05) is 39.5 Å². The van der Waals surface area contributed by atoms with Crippen LogP contribution in [0.1, 0.15) is 31.7 Å². The number of halogens is 1. The monoisotopic (exact) mass is 477 g/mol. The van der Waals surface area contributed by atoms with E-state index in [-0.39, 0.29) is 29.7 Å². The van der Waals surface area contributed by atoms with Crippen molar-refractivity contribution in [2.24, 2.45) is 10.9 Å². The van der Waals surface area contributed by atoms with Crippen molar-refractivity contribution < 1.29 is 14.6 Å². The number of nitrogens with zero attached hydrogens (tertiary/aromatic N) is 1. The lowest BCUT2D eigenvalue weighted by molar-refractivity contribution is 0.0203. The van der Waals surface area contributed by atoms with Crippen molar-refractivity contribution in [2.45, 2.75) is 32.7 Å². The quantitative estimate of drug-likeness (QED) is 0.221. The Kier molecular flexibility index (Phi) is 12.4. The molecule has 0 amide bonds. The number of hydrogen-bond acceptors (Lipinski definition) is 4. The summed E-state index contributed by atoms with van der Waals surface area (Å²) in [5.74, 6) is 1.74. The van der Waals surface area contributed by atoms with Crippen molar-refractivity contribution >= 4 is 29.9 Å². The fourth-order valence-electron chi connectivity index (χ4n) is 2.66. The fraction of sp³-hybridized carbons (Fsp3) is 0.632. The van der Waals surface area contributed by atoms with Crippen LogP contribution in [0.3, 0.4) is 0 Å². The summed E-state index contributed by atoms with van der Waals surface area (Å²) in [6.45, 7) is 7.64. The van der Waals surface area contributed by atoms with E-state index in [1.165, 1.54) is 0 Å². The van der Waals surface area contributed by atoms with E-state index in [0.717, 1.165) is 70.3 Å². The number of benzene rings is 1. The maximum atomic E-state index is 9.31. The largest absolute Gasteiger partial charge is 0.508 e. The smallest absolute Gasteiger partial charge is 0.191 e. The highest BCUT2D eigenvalue weighted by Crippen LogP contribution is 2.14. The van der Waals surface area contributed by atoms with Gasteiger partial charge in [0.15, 0.2) is 5.96 Å². The van der Waals surface area contributed by atoms with E-state index in [1.54, 1.807) is 12.1 Å². The van der Waals surface area contributed by atoms with Gasteiger partial charge in [0.25, 0.3) is 0 Å². The third-order valence-electron chi connectivity index (χ3n) is 4.15. The van der Waals surface area contributed by atoms with Gasteiger partial charge in [-0.05, 0) is 49.8 Å². The molecule has 1 aromatic carbocycles. The standard InChI is InChI=1S/C19H31N3O3.HI/c1-2-20-19(22-14-16-4-6-18(23)7-5-16)21-10-3-11-25-15-17-8-12-24-13-9-17;/h4-7,17,23H,2-3,8-15H2,1H3,(H2,20,21,22);1H. The summed E-state index contributed by atoms with van der Waals surface area (Å²) in [6.07, 6.45) is 3.19. The molecule has 6 nitrogen and oxygen atoms in total. The second kappa shape index (κ2) is 14.1. The van der Waals surface area contributed by atoms with Gasteiger partial charge in [-0.3, -0.25) is 0 Å². The van der Waals surface area contributed by atoms with Crippen LogP contribution >= 0.6 is 24.0 Å². The van der Waals surface area contributed by atoms with Crippen LogP contribution in [0.4, 0.5) is 0 Å². The highest BCUT2D eigenvalue weighted by molar-refractivity contribution is 14.0. The predicted molar refractivity (Wildman–Crippen MR) is 115 cm³/mol. The maximum absolute atomic E-state index is 9.31. The van der Waals surface area contributed by atoms with E-state index in [1.807, 2.05) is 12.1 Å². The Hall–Kier alpha value is -1.06. The van der Waals surface area contributed by atoms with Crippen LogP contribution in [-0.2, 0) is 16.0 Å². The minimum Gasteiger partial charge on any atom is -0.508 e. The predicted octanol–water partition coefficient (Wildman–Crippen LogP) is 2.90. The van der Waals surface area contributed by atoms with E-state index < -0.39 is 0 Å².